The summed E-state index contributed by atoms with van der Waals surface area (Å²) in [5.41, 5.74) is 1.94. The first-order valence-corrected chi connectivity index (χ1v) is 3.77. The molecule has 0 saturated heterocycles. The molecule has 2 heteroatoms. The van der Waals surface area contributed by atoms with Gasteiger partial charge in [-0.1, -0.05) is 6.58 Å². The highest BCUT2D eigenvalue weighted by molar-refractivity contribution is 9.10. The first-order valence-electron chi connectivity index (χ1n) is 2.97. The van der Waals surface area contributed by atoms with Crippen LogP contribution in [0.2, 0.25) is 0 Å². The van der Waals surface area contributed by atoms with E-state index in [1.807, 2.05) is 19.1 Å². The minimum Gasteiger partial charge on any atom is -0.255 e. The zero-order valence-electron chi connectivity index (χ0n) is 5.76. The lowest BCUT2D eigenvalue weighted by Gasteiger charge is -1.96. The Labute approximate surface area is 68.9 Å². The maximum atomic E-state index is 4.13. The Morgan fingerprint density at radius 3 is 2.70 bits per heavy atom. The Morgan fingerprint density at radius 1 is 1.60 bits per heavy atom. The topological polar surface area (TPSA) is 12.9 Å². The second-order valence-corrected chi connectivity index (χ2v) is 3.06. The van der Waals surface area contributed by atoms with Crippen molar-refractivity contribution in [2.75, 3.05) is 0 Å². The summed E-state index contributed by atoms with van der Waals surface area (Å²) in [6.45, 7) is 5.72. The van der Waals surface area contributed by atoms with E-state index in [1.165, 1.54) is 0 Å². The molecule has 52 valence electrons. The summed E-state index contributed by atoms with van der Waals surface area (Å²) in [4.78, 5) is 4.13. The van der Waals surface area contributed by atoms with Crippen LogP contribution in [-0.2, 0) is 0 Å². The van der Waals surface area contributed by atoms with E-state index in [0.717, 1.165) is 15.7 Å². The average molecular weight is 198 g/mol. The van der Waals surface area contributed by atoms with E-state index in [1.54, 1.807) is 6.20 Å². The number of pyridine rings is 1. The van der Waals surface area contributed by atoms with Crippen LogP contribution in [0.1, 0.15) is 12.6 Å². The molecule has 10 heavy (non-hydrogen) atoms. The molecule has 0 aromatic carbocycles. The summed E-state index contributed by atoms with van der Waals surface area (Å²) in [7, 11) is 0. The van der Waals surface area contributed by atoms with Crippen LogP contribution in [0.15, 0.2) is 29.4 Å². The highest BCUT2D eigenvalue weighted by Gasteiger charge is 1.92. The molecule has 0 unspecified atom stereocenters. The summed E-state index contributed by atoms with van der Waals surface area (Å²) in [5.74, 6) is 0. The fraction of sp³-hybridized carbons (Fsp3) is 0.125. The van der Waals surface area contributed by atoms with Crippen LogP contribution in [-0.4, -0.2) is 4.98 Å². The van der Waals surface area contributed by atoms with Gasteiger partial charge in [-0.25, -0.2) is 0 Å². The maximum absolute atomic E-state index is 4.13. The van der Waals surface area contributed by atoms with Gasteiger partial charge in [0.2, 0.25) is 0 Å². The zero-order valence-corrected chi connectivity index (χ0v) is 7.35. The van der Waals surface area contributed by atoms with Gasteiger partial charge < -0.3 is 0 Å². The number of aromatic nitrogens is 1. The molecule has 1 nitrogen and oxygen atoms in total. The molecule has 0 radical (unpaired) electrons. The Kier molecular flexibility index (Phi) is 2.22. The number of halogens is 1. The van der Waals surface area contributed by atoms with Gasteiger partial charge in [0.15, 0.2) is 0 Å². The lowest BCUT2D eigenvalue weighted by atomic mass is 10.2. The number of hydrogen-bond donors (Lipinski definition) is 0. The van der Waals surface area contributed by atoms with Crippen molar-refractivity contribution in [2.24, 2.45) is 0 Å². The first-order chi connectivity index (χ1) is 4.70. The molecule has 1 aromatic rings. The molecule has 0 fully saturated rings. The van der Waals surface area contributed by atoms with Crippen molar-refractivity contribution in [1.29, 1.82) is 0 Å². The largest absolute Gasteiger partial charge is 0.255 e. The van der Waals surface area contributed by atoms with Crippen molar-refractivity contribution in [2.45, 2.75) is 6.92 Å². The highest BCUT2D eigenvalue weighted by atomic mass is 79.9. The average Bonchev–Trinajstić information content (AvgIpc) is 1.88. The van der Waals surface area contributed by atoms with E-state index in [0.29, 0.717) is 0 Å². The minimum atomic E-state index is 0.947. The lowest BCUT2D eigenvalue weighted by Crippen LogP contribution is -1.82. The predicted molar refractivity (Wildman–Crippen MR) is 46.6 cm³/mol. The molecule has 0 N–H and O–H groups in total. The van der Waals surface area contributed by atoms with Crippen molar-refractivity contribution in [3.05, 3.63) is 35.1 Å². The monoisotopic (exact) mass is 197 g/mol. The summed E-state index contributed by atoms with van der Waals surface area (Å²) in [6, 6.07) is 3.89. The third-order valence-electron chi connectivity index (χ3n) is 1.16. The summed E-state index contributed by atoms with van der Waals surface area (Å²) >= 11 is 3.30. The van der Waals surface area contributed by atoms with Gasteiger partial charge in [0.05, 0.1) is 5.69 Å². The van der Waals surface area contributed by atoms with Crippen molar-refractivity contribution in [1.82, 2.24) is 4.98 Å². The molecule has 0 aliphatic carbocycles. The van der Waals surface area contributed by atoms with Crippen LogP contribution in [0.5, 0.6) is 0 Å². The lowest BCUT2D eigenvalue weighted by molar-refractivity contribution is 1.25. The molecule has 1 aromatic heterocycles. The zero-order chi connectivity index (χ0) is 7.56. The van der Waals surface area contributed by atoms with E-state index in [-0.39, 0.29) is 0 Å². The van der Waals surface area contributed by atoms with Gasteiger partial charge in [-0.15, -0.1) is 0 Å². The Balaban J connectivity index is 3.00. The van der Waals surface area contributed by atoms with Crippen molar-refractivity contribution in [3.63, 3.8) is 0 Å². The third kappa shape index (κ3) is 1.67. The summed E-state index contributed by atoms with van der Waals surface area (Å²) in [6.07, 6.45) is 1.77. The number of nitrogens with zero attached hydrogens (tertiary/aromatic N) is 1. The molecule has 0 spiro atoms. The first kappa shape index (κ1) is 7.48. The molecule has 1 rings (SSSR count). The van der Waals surface area contributed by atoms with Crippen molar-refractivity contribution >= 4 is 21.5 Å². The molecule has 0 atom stereocenters. The molecule has 0 bridgehead atoms. The summed E-state index contributed by atoms with van der Waals surface area (Å²) in [5, 5.41) is 0. The van der Waals surface area contributed by atoms with Crippen molar-refractivity contribution < 1.29 is 0 Å². The van der Waals surface area contributed by atoms with E-state index in [4.69, 9.17) is 0 Å². The van der Waals surface area contributed by atoms with Gasteiger partial charge in [0.25, 0.3) is 0 Å². The number of allylic oxidation sites excluding steroid dienone is 1. The van der Waals surface area contributed by atoms with E-state index >= 15 is 0 Å². The van der Waals surface area contributed by atoms with Gasteiger partial charge in [0.1, 0.15) is 0 Å². The molecule has 1 heterocycles. The van der Waals surface area contributed by atoms with Gasteiger partial charge in [0, 0.05) is 10.7 Å². The highest BCUT2D eigenvalue weighted by Crippen LogP contribution is 2.11. The second-order valence-electron chi connectivity index (χ2n) is 2.14. The third-order valence-corrected chi connectivity index (χ3v) is 1.63. The van der Waals surface area contributed by atoms with Crippen LogP contribution >= 0.6 is 15.9 Å². The fourth-order valence-corrected chi connectivity index (χ4v) is 0.863. The van der Waals surface area contributed by atoms with Crippen LogP contribution in [0.25, 0.3) is 5.57 Å². The second kappa shape index (κ2) is 2.97. The molecular formula is C8H8BrN. The Morgan fingerprint density at radius 2 is 2.30 bits per heavy atom. The smallest absolute Gasteiger partial charge is 0.0653 e. The standard InChI is InChI=1S/C8H8BrN/c1-6(2)8-4-3-7(9)5-10-8/h3-5H,1H2,2H3. The van der Waals surface area contributed by atoms with Gasteiger partial charge in [-0.3, -0.25) is 4.98 Å². The van der Waals surface area contributed by atoms with E-state index in [2.05, 4.69) is 27.5 Å². The van der Waals surface area contributed by atoms with E-state index in [9.17, 15) is 0 Å². The SMILES string of the molecule is C=C(C)c1ccc(Br)cn1. The normalized spacial score (nSPS) is 9.40. The quantitative estimate of drug-likeness (QED) is 0.675. The van der Waals surface area contributed by atoms with Crippen LogP contribution < -0.4 is 0 Å². The van der Waals surface area contributed by atoms with Crippen molar-refractivity contribution in [3.8, 4) is 0 Å². The van der Waals surface area contributed by atoms with Gasteiger partial charge >= 0.3 is 0 Å². The predicted octanol–water partition coefficient (Wildman–Crippen LogP) is 2.88. The van der Waals surface area contributed by atoms with Crippen LogP contribution in [0, 0.1) is 0 Å². The minimum absolute atomic E-state index is 0.947. The number of hydrogen-bond acceptors (Lipinski definition) is 1. The summed E-state index contributed by atoms with van der Waals surface area (Å²) < 4.78 is 0.998. The molecular weight excluding hydrogens is 190 g/mol. The van der Waals surface area contributed by atoms with Crippen LogP contribution in [0.3, 0.4) is 0 Å². The molecule has 0 aliphatic rings. The van der Waals surface area contributed by atoms with Gasteiger partial charge in [-0.05, 0) is 40.6 Å². The van der Waals surface area contributed by atoms with Gasteiger partial charge in [-0.2, -0.15) is 0 Å². The molecule has 0 aliphatic heterocycles. The molecule has 0 amide bonds. The number of rotatable bonds is 1. The Hall–Kier alpha value is -0.630. The van der Waals surface area contributed by atoms with Crippen LogP contribution in [0.4, 0.5) is 0 Å². The Bertz CT molecular complexity index is 238. The fourth-order valence-electron chi connectivity index (χ4n) is 0.628. The molecule has 0 saturated carbocycles. The van der Waals surface area contributed by atoms with E-state index < -0.39 is 0 Å². The maximum Gasteiger partial charge on any atom is 0.0653 e.